The molecular weight excluding hydrogens is 362 g/mol. The van der Waals surface area contributed by atoms with Crippen molar-refractivity contribution in [3.05, 3.63) is 46.6 Å². The lowest BCUT2D eigenvalue weighted by Crippen LogP contribution is -2.49. The molecule has 0 N–H and O–H groups in total. The summed E-state index contributed by atoms with van der Waals surface area (Å²) in [6.07, 6.45) is 1.60. The van der Waals surface area contributed by atoms with Crippen LogP contribution in [0.5, 0.6) is 0 Å². The number of halogens is 1. The van der Waals surface area contributed by atoms with Crippen LogP contribution in [0.4, 0.5) is 0 Å². The first-order chi connectivity index (χ1) is 13.0. The van der Waals surface area contributed by atoms with Gasteiger partial charge in [-0.05, 0) is 38.0 Å². The number of amides is 1. The van der Waals surface area contributed by atoms with Gasteiger partial charge >= 0.3 is 0 Å². The molecule has 0 aromatic heterocycles. The predicted octanol–water partition coefficient (Wildman–Crippen LogP) is 2.85. The highest BCUT2D eigenvalue weighted by Crippen LogP contribution is 2.09. The van der Waals surface area contributed by atoms with E-state index in [4.69, 9.17) is 16.3 Å². The zero-order chi connectivity index (χ0) is 19.6. The van der Waals surface area contributed by atoms with Crippen LogP contribution >= 0.6 is 11.6 Å². The van der Waals surface area contributed by atoms with Crippen molar-refractivity contribution in [2.24, 2.45) is 4.99 Å². The Kier molecular flexibility index (Phi) is 8.53. The molecule has 144 valence electrons. The molecule has 1 aromatic carbocycles. The quantitative estimate of drug-likeness (QED) is 0.443. The van der Waals surface area contributed by atoms with E-state index in [0.29, 0.717) is 16.3 Å². The van der Waals surface area contributed by atoms with E-state index in [0.717, 1.165) is 44.9 Å². The summed E-state index contributed by atoms with van der Waals surface area (Å²) in [5, 5.41) is 0.653. The number of ether oxygens (including phenoxy) is 1. The van der Waals surface area contributed by atoms with Gasteiger partial charge in [-0.15, -0.1) is 0 Å². The van der Waals surface area contributed by atoms with Crippen LogP contribution in [0.15, 0.2) is 41.0 Å². The molecule has 0 radical (unpaired) electrons. The van der Waals surface area contributed by atoms with Crippen LogP contribution in [-0.4, -0.2) is 67.9 Å². The van der Waals surface area contributed by atoms with Gasteiger partial charge in [-0.3, -0.25) is 14.7 Å². The largest absolute Gasteiger partial charge is 0.383 e. The van der Waals surface area contributed by atoms with E-state index >= 15 is 0 Å². The van der Waals surface area contributed by atoms with E-state index in [2.05, 4.69) is 21.7 Å². The topological polar surface area (TPSA) is 45.1 Å². The molecule has 0 saturated carbocycles. The molecule has 0 unspecified atom stereocenters. The van der Waals surface area contributed by atoms with Gasteiger partial charge in [0, 0.05) is 62.2 Å². The van der Waals surface area contributed by atoms with Crippen LogP contribution in [0.1, 0.15) is 19.4 Å². The van der Waals surface area contributed by atoms with Crippen LogP contribution in [0.2, 0.25) is 5.02 Å². The minimum atomic E-state index is 0.0285. The lowest BCUT2D eigenvalue weighted by atomic mass is 10.2. The summed E-state index contributed by atoms with van der Waals surface area (Å²) >= 11 is 5.95. The second kappa shape index (κ2) is 10.9. The normalized spacial score (nSPS) is 16.1. The molecule has 1 aliphatic rings. The molecule has 6 heteroatoms. The first-order valence-corrected chi connectivity index (χ1v) is 9.36. The van der Waals surface area contributed by atoms with E-state index < -0.39 is 0 Å². The number of rotatable bonds is 5. The van der Waals surface area contributed by atoms with Gasteiger partial charge in [0.15, 0.2) is 0 Å². The van der Waals surface area contributed by atoms with E-state index in [9.17, 15) is 4.79 Å². The number of methoxy groups -OCH3 is 1. The van der Waals surface area contributed by atoms with E-state index in [1.54, 1.807) is 26.3 Å². The van der Waals surface area contributed by atoms with Gasteiger partial charge < -0.3 is 9.64 Å². The van der Waals surface area contributed by atoms with Crippen molar-refractivity contribution in [3.8, 4) is 11.8 Å². The third-order valence-corrected chi connectivity index (χ3v) is 4.51. The number of carbonyl (C=O) groups is 1. The van der Waals surface area contributed by atoms with Gasteiger partial charge in [-0.1, -0.05) is 23.6 Å². The first kappa shape index (κ1) is 21.2. The maximum absolute atomic E-state index is 12.5. The predicted molar refractivity (Wildman–Crippen MR) is 110 cm³/mol. The first-order valence-electron chi connectivity index (χ1n) is 8.99. The molecule has 0 atom stereocenters. The van der Waals surface area contributed by atoms with Crippen molar-refractivity contribution in [2.45, 2.75) is 13.8 Å². The molecule has 1 heterocycles. The van der Waals surface area contributed by atoms with Crippen molar-refractivity contribution < 1.29 is 9.53 Å². The zero-order valence-electron chi connectivity index (χ0n) is 16.2. The number of hydrogen-bond donors (Lipinski definition) is 0. The lowest BCUT2D eigenvalue weighted by Gasteiger charge is -2.34. The number of nitrogens with zero attached hydrogens (tertiary/aromatic N) is 3. The molecule has 0 bridgehead atoms. The Labute approximate surface area is 166 Å². The monoisotopic (exact) mass is 387 g/mol. The van der Waals surface area contributed by atoms with Gasteiger partial charge in [0.1, 0.15) is 0 Å². The summed E-state index contributed by atoms with van der Waals surface area (Å²) in [7, 11) is 1.70. The van der Waals surface area contributed by atoms with Crippen LogP contribution in [0.25, 0.3) is 0 Å². The Bertz CT molecular complexity index is 769. The number of hydrogen-bond acceptors (Lipinski definition) is 4. The van der Waals surface area contributed by atoms with E-state index in [1.807, 2.05) is 30.0 Å². The third-order valence-electron chi connectivity index (χ3n) is 4.27. The number of carbonyl (C=O) groups excluding carboxylic acids is 1. The summed E-state index contributed by atoms with van der Waals surface area (Å²) in [6.45, 7) is 8.43. The minimum Gasteiger partial charge on any atom is -0.383 e. The van der Waals surface area contributed by atoms with Crippen molar-refractivity contribution in [3.63, 3.8) is 0 Å². The van der Waals surface area contributed by atoms with Crippen LogP contribution in [-0.2, 0) is 9.53 Å². The highest BCUT2D eigenvalue weighted by molar-refractivity contribution is 6.30. The Balaban J connectivity index is 1.91. The summed E-state index contributed by atoms with van der Waals surface area (Å²) in [5.41, 5.74) is 2.09. The molecule has 5 nitrogen and oxygen atoms in total. The van der Waals surface area contributed by atoms with Crippen LogP contribution < -0.4 is 0 Å². The number of benzene rings is 1. The van der Waals surface area contributed by atoms with Gasteiger partial charge in [-0.2, -0.15) is 0 Å². The summed E-state index contributed by atoms with van der Waals surface area (Å²) in [6, 6.07) is 7.36. The maximum Gasteiger partial charge on any atom is 0.251 e. The van der Waals surface area contributed by atoms with Crippen molar-refractivity contribution in [1.29, 1.82) is 0 Å². The summed E-state index contributed by atoms with van der Waals surface area (Å²) < 4.78 is 5.10. The average Bonchev–Trinajstić information content (AvgIpc) is 2.68. The second-order valence-corrected chi connectivity index (χ2v) is 6.85. The molecule has 27 heavy (non-hydrogen) atoms. The maximum atomic E-state index is 12.5. The smallest absolute Gasteiger partial charge is 0.251 e. The van der Waals surface area contributed by atoms with Gasteiger partial charge in [0.05, 0.1) is 12.3 Å². The second-order valence-electron chi connectivity index (χ2n) is 6.41. The third kappa shape index (κ3) is 7.18. The van der Waals surface area contributed by atoms with Crippen molar-refractivity contribution in [2.75, 3.05) is 46.4 Å². The highest BCUT2D eigenvalue weighted by Gasteiger charge is 2.21. The molecule has 1 aromatic rings. The molecule has 2 rings (SSSR count). The standard InChI is InChI=1S/C21H26ClN3O2/c1-17(21(26)25-11-9-24(10-12-25)13-14-27-3)16-23-18(2)7-8-19-5-4-6-20(22)15-19/h4-6,15-16H,9-14H2,1-3H3/b17-16+,23-18?. The van der Waals surface area contributed by atoms with E-state index in [-0.39, 0.29) is 5.91 Å². The fourth-order valence-electron chi connectivity index (χ4n) is 2.65. The molecule has 0 spiro atoms. The summed E-state index contributed by atoms with van der Waals surface area (Å²) in [5.74, 6) is 6.02. The minimum absolute atomic E-state index is 0.0285. The molecule has 1 amide bonds. The lowest BCUT2D eigenvalue weighted by molar-refractivity contribution is -0.128. The Morgan fingerprint density at radius 1 is 1.30 bits per heavy atom. The van der Waals surface area contributed by atoms with Crippen LogP contribution in [0, 0.1) is 11.8 Å². The molecule has 1 fully saturated rings. The average molecular weight is 388 g/mol. The van der Waals surface area contributed by atoms with Gasteiger partial charge in [0.25, 0.3) is 5.91 Å². The Morgan fingerprint density at radius 2 is 2.04 bits per heavy atom. The number of piperazine rings is 1. The Morgan fingerprint density at radius 3 is 2.70 bits per heavy atom. The molecule has 1 saturated heterocycles. The van der Waals surface area contributed by atoms with Crippen molar-refractivity contribution in [1.82, 2.24) is 9.80 Å². The highest BCUT2D eigenvalue weighted by atomic mass is 35.5. The zero-order valence-corrected chi connectivity index (χ0v) is 16.9. The van der Waals surface area contributed by atoms with Gasteiger partial charge in [-0.25, -0.2) is 0 Å². The van der Waals surface area contributed by atoms with Crippen molar-refractivity contribution >= 4 is 23.2 Å². The van der Waals surface area contributed by atoms with Crippen LogP contribution in [0.3, 0.4) is 0 Å². The van der Waals surface area contributed by atoms with Gasteiger partial charge in [0.2, 0.25) is 0 Å². The molecule has 1 aliphatic heterocycles. The fourth-order valence-corrected chi connectivity index (χ4v) is 2.84. The molecular formula is C21H26ClN3O2. The number of aliphatic imine (C=N–C) groups is 1. The SMILES string of the molecule is COCCN1CCN(C(=O)/C(C)=C/N=C(C)C#Cc2cccc(Cl)c2)CC1. The van der Waals surface area contributed by atoms with E-state index in [1.165, 1.54) is 0 Å². The molecule has 0 aliphatic carbocycles. The fraction of sp³-hybridized carbons (Fsp3) is 0.429. The Hall–Kier alpha value is -2.13. The summed E-state index contributed by atoms with van der Waals surface area (Å²) in [4.78, 5) is 21.0.